The summed E-state index contributed by atoms with van der Waals surface area (Å²) < 4.78 is 33.4. The standard InChI is InChI=1S/C23H13ClF2N2O4S2/c1-32-11-4-5-13(24)12(9-11)20(29)17-19(15-3-2-6-33-15)28(22(31)21(17)30)23-27-18-14(26)7-10(25)8-16(18)34-23/h2-9,19,29H,1H3/b20-17+. The van der Waals surface area contributed by atoms with E-state index in [9.17, 15) is 23.5 Å². The van der Waals surface area contributed by atoms with Crippen LogP contribution in [0.3, 0.4) is 0 Å². The van der Waals surface area contributed by atoms with E-state index in [1.165, 1.54) is 30.6 Å². The van der Waals surface area contributed by atoms with Gasteiger partial charge in [0.15, 0.2) is 10.9 Å². The number of fused-ring (bicyclic) bond motifs is 1. The molecule has 34 heavy (non-hydrogen) atoms. The second kappa shape index (κ2) is 8.46. The van der Waals surface area contributed by atoms with Crippen LogP contribution in [0.1, 0.15) is 16.5 Å². The SMILES string of the molecule is COc1ccc(Cl)c(/C(O)=C2\C(=O)C(=O)N(c3nc4c(F)cc(F)cc4s3)C2c2cccs2)c1. The molecule has 1 N–H and O–H groups in total. The van der Waals surface area contributed by atoms with Crippen molar-refractivity contribution in [3.63, 3.8) is 0 Å². The Kier molecular flexibility index (Phi) is 5.59. The number of aromatic nitrogens is 1. The summed E-state index contributed by atoms with van der Waals surface area (Å²) in [6, 6.07) is 8.71. The molecule has 3 heterocycles. The molecule has 0 spiro atoms. The van der Waals surface area contributed by atoms with Crippen LogP contribution in [0, 0.1) is 11.6 Å². The third-order valence-corrected chi connectivity index (χ3v) is 7.55. The lowest BCUT2D eigenvalue weighted by molar-refractivity contribution is -0.132. The molecule has 1 atom stereocenters. The molecule has 1 aliphatic heterocycles. The normalized spacial score (nSPS) is 17.6. The van der Waals surface area contributed by atoms with E-state index < -0.39 is 35.1 Å². The lowest BCUT2D eigenvalue weighted by Crippen LogP contribution is -2.28. The predicted octanol–water partition coefficient (Wildman–Crippen LogP) is 5.92. The monoisotopic (exact) mass is 518 g/mol. The number of ketones is 1. The molecule has 172 valence electrons. The zero-order valence-electron chi connectivity index (χ0n) is 17.2. The number of benzene rings is 2. The van der Waals surface area contributed by atoms with E-state index >= 15 is 0 Å². The van der Waals surface area contributed by atoms with Gasteiger partial charge in [0.2, 0.25) is 0 Å². The van der Waals surface area contributed by atoms with Gasteiger partial charge >= 0.3 is 5.91 Å². The molecule has 2 aromatic carbocycles. The summed E-state index contributed by atoms with van der Waals surface area (Å²) in [5.41, 5.74) is -0.212. The fraction of sp³-hybridized carbons (Fsp3) is 0.0870. The Morgan fingerprint density at radius 1 is 1.21 bits per heavy atom. The van der Waals surface area contributed by atoms with Gasteiger partial charge in [0, 0.05) is 16.5 Å². The molecule has 0 aliphatic carbocycles. The van der Waals surface area contributed by atoms with E-state index in [0.717, 1.165) is 22.3 Å². The summed E-state index contributed by atoms with van der Waals surface area (Å²) in [4.78, 5) is 32.2. The summed E-state index contributed by atoms with van der Waals surface area (Å²) in [5.74, 6) is -3.69. The lowest BCUT2D eigenvalue weighted by atomic mass is 9.99. The summed E-state index contributed by atoms with van der Waals surface area (Å²) in [6.07, 6.45) is 0. The zero-order chi connectivity index (χ0) is 24.1. The summed E-state index contributed by atoms with van der Waals surface area (Å²) in [6.45, 7) is 0. The Balaban J connectivity index is 1.74. The number of thiophene rings is 1. The Morgan fingerprint density at radius 3 is 2.71 bits per heavy atom. The number of ether oxygens (including phenoxy) is 1. The van der Waals surface area contributed by atoms with Gasteiger partial charge in [-0.2, -0.15) is 0 Å². The fourth-order valence-electron chi connectivity index (χ4n) is 3.75. The predicted molar refractivity (Wildman–Crippen MR) is 127 cm³/mol. The third kappa shape index (κ3) is 3.54. The molecule has 5 rings (SSSR count). The number of Topliss-reactive ketones (excluding diaryl/α,β-unsaturated/α-hetero) is 1. The van der Waals surface area contributed by atoms with Crippen LogP contribution in [0.15, 0.2) is 53.4 Å². The molecular formula is C23H13ClF2N2O4S2. The van der Waals surface area contributed by atoms with Gasteiger partial charge in [0.1, 0.15) is 28.9 Å². The molecule has 0 bridgehead atoms. The van der Waals surface area contributed by atoms with Crippen molar-refractivity contribution < 1.29 is 28.2 Å². The van der Waals surface area contributed by atoms with E-state index in [1.807, 2.05) is 0 Å². The molecule has 11 heteroatoms. The van der Waals surface area contributed by atoms with Crippen LogP contribution in [0.2, 0.25) is 5.02 Å². The Labute approximate surface area is 204 Å². The Hall–Kier alpha value is -3.34. The van der Waals surface area contributed by atoms with Gasteiger partial charge in [0.05, 0.1) is 22.4 Å². The van der Waals surface area contributed by atoms with E-state index in [2.05, 4.69) is 4.98 Å². The number of aliphatic hydroxyl groups is 1. The van der Waals surface area contributed by atoms with Crippen molar-refractivity contribution >= 4 is 67.1 Å². The highest BCUT2D eigenvalue weighted by molar-refractivity contribution is 7.22. The molecule has 2 aromatic heterocycles. The van der Waals surface area contributed by atoms with Gasteiger partial charge in [0.25, 0.3) is 5.78 Å². The number of hydrogen-bond acceptors (Lipinski definition) is 7. The largest absolute Gasteiger partial charge is 0.507 e. The average Bonchev–Trinajstić information content (AvgIpc) is 3.53. The summed E-state index contributed by atoms with van der Waals surface area (Å²) in [5, 5.41) is 13.1. The second-order valence-corrected chi connectivity index (χ2v) is 9.66. The van der Waals surface area contributed by atoms with Crippen LogP contribution in [-0.2, 0) is 9.59 Å². The van der Waals surface area contributed by atoms with Gasteiger partial charge in [-0.1, -0.05) is 29.0 Å². The van der Waals surface area contributed by atoms with Crippen molar-refractivity contribution in [3.05, 3.63) is 80.5 Å². The quantitative estimate of drug-likeness (QED) is 0.206. The topological polar surface area (TPSA) is 79.7 Å². The summed E-state index contributed by atoms with van der Waals surface area (Å²) >= 11 is 8.40. The van der Waals surface area contributed by atoms with Crippen LogP contribution < -0.4 is 9.64 Å². The smallest absolute Gasteiger partial charge is 0.301 e. The highest BCUT2D eigenvalue weighted by Crippen LogP contribution is 2.46. The highest BCUT2D eigenvalue weighted by Gasteiger charge is 2.49. The molecule has 1 saturated heterocycles. The molecular weight excluding hydrogens is 506 g/mol. The number of rotatable bonds is 4. The third-order valence-electron chi connectivity index (χ3n) is 5.29. The Morgan fingerprint density at radius 2 is 2.00 bits per heavy atom. The number of aliphatic hydroxyl groups excluding tert-OH is 1. The lowest BCUT2D eigenvalue weighted by Gasteiger charge is -2.21. The van der Waals surface area contributed by atoms with Gasteiger partial charge in [-0.05, 0) is 35.7 Å². The minimum absolute atomic E-state index is 0.00390. The molecule has 1 fully saturated rings. The van der Waals surface area contributed by atoms with Crippen LogP contribution in [0.4, 0.5) is 13.9 Å². The number of carbonyl (C=O) groups excluding carboxylic acids is 2. The van der Waals surface area contributed by atoms with E-state index in [4.69, 9.17) is 16.3 Å². The first-order valence-corrected chi connectivity index (χ1v) is 11.8. The number of methoxy groups -OCH3 is 1. The first-order chi connectivity index (χ1) is 16.3. The Bertz CT molecular complexity index is 1500. The van der Waals surface area contributed by atoms with Crippen LogP contribution in [0.25, 0.3) is 16.0 Å². The van der Waals surface area contributed by atoms with Crippen LogP contribution in [0.5, 0.6) is 5.75 Å². The number of amides is 1. The van der Waals surface area contributed by atoms with E-state index in [0.29, 0.717) is 16.7 Å². The highest BCUT2D eigenvalue weighted by atomic mass is 35.5. The van der Waals surface area contributed by atoms with Crippen molar-refractivity contribution in [1.29, 1.82) is 0 Å². The number of nitrogens with zero attached hydrogens (tertiary/aromatic N) is 2. The molecule has 1 aliphatic rings. The minimum Gasteiger partial charge on any atom is -0.507 e. The number of halogens is 3. The van der Waals surface area contributed by atoms with Crippen LogP contribution in [-0.4, -0.2) is 28.9 Å². The van der Waals surface area contributed by atoms with Gasteiger partial charge in [-0.3, -0.25) is 14.5 Å². The first-order valence-electron chi connectivity index (χ1n) is 9.74. The van der Waals surface area contributed by atoms with Crippen molar-refractivity contribution in [3.8, 4) is 5.75 Å². The van der Waals surface area contributed by atoms with Crippen LogP contribution >= 0.6 is 34.3 Å². The van der Waals surface area contributed by atoms with Crippen molar-refractivity contribution in [2.45, 2.75) is 6.04 Å². The molecule has 6 nitrogen and oxygen atoms in total. The van der Waals surface area contributed by atoms with Gasteiger partial charge < -0.3 is 9.84 Å². The second-order valence-electron chi connectivity index (χ2n) is 7.26. The van der Waals surface area contributed by atoms with Crippen molar-refractivity contribution in [2.75, 3.05) is 12.0 Å². The maximum absolute atomic E-state index is 14.3. The van der Waals surface area contributed by atoms with E-state index in [-0.39, 0.29) is 31.5 Å². The maximum Gasteiger partial charge on any atom is 0.301 e. The molecule has 1 unspecified atom stereocenters. The number of anilines is 1. The van der Waals surface area contributed by atoms with E-state index in [1.54, 1.807) is 23.6 Å². The minimum atomic E-state index is -1.05. The summed E-state index contributed by atoms with van der Waals surface area (Å²) in [7, 11) is 1.44. The molecule has 0 radical (unpaired) electrons. The molecule has 0 saturated carbocycles. The maximum atomic E-state index is 14.3. The van der Waals surface area contributed by atoms with Gasteiger partial charge in [-0.25, -0.2) is 13.8 Å². The molecule has 1 amide bonds. The van der Waals surface area contributed by atoms with Crippen molar-refractivity contribution in [1.82, 2.24) is 4.98 Å². The number of carbonyl (C=O) groups is 2. The number of thiazole rings is 1. The zero-order valence-corrected chi connectivity index (χ0v) is 19.6. The fourth-order valence-corrected chi connectivity index (χ4v) is 5.81. The molecule has 4 aromatic rings. The average molecular weight is 519 g/mol. The van der Waals surface area contributed by atoms with Crippen molar-refractivity contribution in [2.24, 2.45) is 0 Å². The van der Waals surface area contributed by atoms with Gasteiger partial charge in [-0.15, -0.1) is 11.3 Å². The number of hydrogen-bond donors (Lipinski definition) is 1. The first kappa shape index (κ1) is 22.5.